The van der Waals surface area contributed by atoms with Crippen LogP contribution in [0.4, 0.5) is 18.9 Å². The summed E-state index contributed by atoms with van der Waals surface area (Å²) in [5.41, 5.74) is 1.57. The maximum absolute atomic E-state index is 12.8. The third-order valence-corrected chi connectivity index (χ3v) is 5.18. The average molecular weight is 415 g/mol. The van der Waals surface area contributed by atoms with Crippen molar-refractivity contribution in [3.05, 3.63) is 93.5 Å². The van der Waals surface area contributed by atoms with E-state index in [-0.39, 0.29) is 23.8 Å². The zero-order chi connectivity index (χ0) is 21.3. The molecule has 156 valence electrons. The Bertz CT molecular complexity index is 1110. The minimum absolute atomic E-state index is 0.0361. The van der Waals surface area contributed by atoms with Gasteiger partial charge in [-0.15, -0.1) is 0 Å². The van der Waals surface area contributed by atoms with Crippen LogP contribution in [0.2, 0.25) is 0 Å². The first-order valence-corrected chi connectivity index (χ1v) is 9.56. The van der Waals surface area contributed by atoms with Gasteiger partial charge in [-0.25, -0.2) is 0 Å². The number of ether oxygens (including phenoxy) is 1. The summed E-state index contributed by atoms with van der Waals surface area (Å²) in [6.45, 7) is 2.40. The van der Waals surface area contributed by atoms with Gasteiger partial charge in [-0.05, 0) is 42.7 Å². The molecular formula is C23H20F3NO3. The zero-order valence-corrected chi connectivity index (χ0v) is 16.3. The molecule has 2 heterocycles. The third kappa shape index (κ3) is 4.20. The molecule has 0 saturated heterocycles. The third-order valence-electron chi connectivity index (χ3n) is 5.18. The van der Waals surface area contributed by atoms with E-state index in [2.05, 4.69) is 17.9 Å². The first-order chi connectivity index (χ1) is 14.3. The quantitative estimate of drug-likeness (QED) is 0.575. The van der Waals surface area contributed by atoms with E-state index >= 15 is 0 Å². The standard InChI is InChI=1S/C23H20F3NO3/c1-15-9-17-6-2-3-8-20(17)27(15)12-19-11-21(28)22(14-29-19)30-13-16-5-4-7-18(10-16)23(24,25)26/h2-8,10-11,14-15H,9,12-13H2,1H3/t15-/m0/s1. The first-order valence-electron chi connectivity index (χ1n) is 9.56. The average Bonchev–Trinajstić information content (AvgIpc) is 3.02. The Kier molecular flexibility index (Phi) is 5.28. The van der Waals surface area contributed by atoms with Crippen molar-refractivity contribution in [2.75, 3.05) is 4.90 Å². The molecule has 0 bridgehead atoms. The van der Waals surface area contributed by atoms with E-state index in [1.807, 2.05) is 18.2 Å². The van der Waals surface area contributed by atoms with Gasteiger partial charge < -0.3 is 14.1 Å². The summed E-state index contributed by atoms with van der Waals surface area (Å²) in [5, 5.41) is 0. The summed E-state index contributed by atoms with van der Waals surface area (Å²) in [6, 6.07) is 14.6. The number of nitrogens with zero attached hydrogens (tertiary/aromatic N) is 1. The smallest absolute Gasteiger partial charge is 0.416 e. The molecule has 1 aliphatic heterocycles. The highest BCUT2D eigenvalue weighted by atomic mass is 19.4. The van der Waals surface area contributed by atoms with E-state index in [0.717, 1.165) is 24.2 Å². The fourth-order valence-corrected chi connectivity index (χ4v) is 3.66. The number of benzene rings is 2. The maximum atomic E-state index is 12.8. The molecule has 0 N–H and O–H groups in total. The molecule has 30 heavy (non-hydrogen) atoms. The number of anilines is 1. The topological polar surface area (TPSA) is 42.7 Å². The number of alkyl halides is 3. The van der Waals surface area contributed by atoms with E-state index in [4.69, 9.17) is 9.15 Å². The van der Waals surface area contributed by atoms with Crippen LogP contribution in [0.5, 0.6) is 5.75 Å². The van der Waals surface area contributed by atoms with Gasteiger partial charge in [0.1, 0.15) is 18.6 Å². The van der Waals surface area contributed by atoms with Crippen LogP contribution in [-0.2, 0) is 25.7 Å². The van der Waals surface area contributed by atoms with Crippen molar-refractivity contribution in [1.29, 1.82) is 0 Å². The van der Waals surface area contributed by atoms with Crippen molar-refractivity contribution in [2.24, 2.45) is 0 Å². The Hall–Kier alpha value is -3.22. The molecule has 0 saturated carbocycles. The van der Waals surface area contributed by atoms with Gasteiger partial charge in [0, 0.05) is 17.8 Å². The molecule has 0 fully saturated rings. The summed E-state index contributed by atoms with van der Waals surface area (Å²) < 4.78 is 49.4. The van der Waals surface area contributed by atoms with Crippen molar-refractivity contribution in [3.63, 3.8) is 0 Å². The molecule has 1 atom stereocenters. The highest BCUT2D eigenvalue weighted by Crippen LogP contribution is 2.33. The predicted molar refractivity (Wildman–Crippen MR) is 107 cm³/mol. The van der Waals surface area contributed by atoms with E-state index in [9.17, 15) is 18.0 Å². The van der Waals surface area contributed by atoms with Gasteiger partial charge in [0.15, 0.2) is 0 Å². The predicted octanol–water partition coefficient (Wildman–Crippen LogP) is 5.19. The van der Waals surface area contributed by atoms with Crippen LogP contribution in [0.15, 0.2) is 70.1 Å². The number of hydrogen-bond acceptors (Lipinski definition) is 4. The van der Waals surface area contributed by atoms with Gasteiger partial charge in [0.25, 0.3) is 0 Å². The summed E-state index contributed by atoms with van der Waals surface area (Å²) in [6.07, 6.45) is -2.28. The van der Waals surface area contributed by atoms with Crippen molar-refractivity contribution in [3.8, 4) is 5.75 Å². The van der Waals surface area contributed by atoms with Crippen LogP contribution in [0, 0.1) is 0 Å². The molecule has 0 unspecified atom stereocenters. The SMILES string of the molecule is C[C@H]1Cc2ccccc2N1Cc1cc(=O)c(OCc2cccc(C(F)(F)F)c2)co1. The van der Waals surface area contributed by atoms with Crippen LogP contribution in [0.25, 0.3) is 0 Å². The lowest BCUT2D eigenvalue weighted by Gasteiger charge is -2.24. The van der Waals surface area contributed by atoms with Gasteiger partial charge in [-0.1, -0.05) is 30.3 Å². The fourth-order valence-electron chi connectivity index (χ4n) is 3.66. The summed E-state index contributed by atoms with van der Waals surface area (Å²) in [4.78, 5) is 14.6. The Labute approximate surface area is 171 Å². The summed E-state index contributed by atoms with van der Waals surface area (Å²) in [7, 11) is 0. The summed E-state index contributed by atoms with van der Waals surface area (Å²) >= 11 is 0. The van der Waals surface area contributed by atoms with Gasteiger partial charge in [-0.2, -0.15) is 13.2 Å². The van der Waals surface area contributed by atoms with E-state index in [1.165, 1.54) is 30.0 Å². The molecule has 4 rings (SSSR count). The lowest BCUT2D eigenvalue weighted by Crippen LogP contribution is -2.29. The van der Waals surface area contributed by atoms with Crippen LogP contribution in [0.1, 0.15) is 29.4 Å². The second kappa shape index (κ2) is 7.89. The van der Waals surface area contributed by atoms with Crippen molar-refractivity contribution in [2.45, 2.75) is 38.7 Å². The number of para-hydroxylation sites is 1. The second-order valence-electron chi connectivity index (χ2n) is 7.37. The fraction of sp³-hybridized carbons (Fsp3) is 0.261. The molecule has 3 aromatic rings. The maximum Gasteiger partial charge on any atom is 0.416 e. The number of fused-ring (bicyclic) bond motifs is 1. The Balaban J connectivity index is 1.45. The Morgan fingerprint density at radius 1 is 1.13 bits per heavy atom. The van der Waals surface area contributed by atoms with Crippen LogP contribution in [0.3, 0.4) is 0 Å². The monoisotopic (exact) mass is 415 g/mol. The Morgan fingerprint density at radius 3 is 2.70 bits per heavy atom. The molecular weight excluding hydrogens is 395 g/mol. The molecule has 1 aromatic heterocycles. The summed E-state index contributed by atoms with van der Waals surface area (Å²) in [5.74, 6) is 0.459. The Morgan fingerprint density at radius 2 is 1.93 bits per heavy atom. The van der Waals surface area contributed by atoms with Crippen LogP contribution < -0.4 is 15.1 Å². The van der Waals surface area contributed by atoms with E-state index < -0.39 is 11.7 Å². The minimum Gasteiger partial charge on any atom is -0.482 e. The molecule has 7 heteroatoms. The largest absolute Gasteiger partial charge is 0.482 e. The number of rotatable bonds is 5. The molecule has 0 spiro atoms. The first kappa shape index (κ1) is 20.1. The molecule has 4 nitrogen and oxygen atoms in total. The number of halogens is 3. The molecule has 0 aliphatic carbocycles. The van der Waals surface area contributed by atoms with Gasteiger partial charge >= 0.3 is 6.18 Å². The van der Waals surface area contributed by atoms with Crippen LogP contribution >= 0.6 is 0 Å². The van der Waals surface area contributed by atoms with Crippen molar-refractivity contribution >= 4 is 5.69 Å². The minimum atomic E-state index is -4.43. The number of hydrogen-bond donors (Lipinski definition) is 0. The lowest BCUT2D eigenvalue weighted by molar-refractivity contribution is -0.137. The normalized spacial score (nSPS) is 15.9. The van der Waals surface area contributed by atoms with E-state index in [1.54, 1.807) is 0 Å². The van der Waals surface area contributed by atoms with Crippen molar-refractivity contribution < 1.29 is 22.3 Å². The zero-order valence-electron chi connectivity index (χ0n) is 16.3. The lowest BCUT2D eigenvalue weighted by atomic mass is 10.1. The second-order valence-corrected chi connectivity index (χ2v) is 7.37. The van der Waals surface area contributed by atoms with Gasteiger partial charge in [-0.3, -0.25) is 4.79 Å². The molecule has 0 radical (unpaired) electrons. The highest BCUT2D eigenvalue weighted by Gasteiger charge is 2.30. The van der Waals surface area contributed by atoms with Crippen molar-refractivity contribution in [1.82, 2.24) is 0 Å². The van der Waals surface area contributed by atoms with Crippen LogP contribution in [-0.4, -0.2) is 6.04 Å². The molecule has 0 amide bonds. The molecule has 1 aliphatic rings. The molecule has 2 aromatic carbocycles. The van der Waals surface area contributed by atoms with Gasteiger partial charge in [0.05, 0.1) is 12.1 Å². The van der Waals surface area contributed by atoms with E-state index in [0.29, 0.717) is 17.9 Å². The van der Waals surface area contributed by atoms with Gasteiger partial charge in [0.2, 0.25) is 11.2 Å². The highest BCUT2D eigenvalue weighted by molar-refractivity contribution is 5.59.